The third kappa shape index (κ3) is 4.18. The van der Waals surface area contributed by atoms with E-state index in [2.05, 4.69) is 0 Å². The molecule has 0 aromatic heterocycles. The number of hydrogen-bond acceptors (Lipinski definition) is 4. The van der Waals surface area contributed by atoms with Crippen LogP contribution in [0.4, 0.5) is 0 Å². The second kappa shape index (κ2) is 6.27. The Morgan fingerprint density at radius 1 is 1.27 bits per heavy atom. The third-order valence-corrected chi connectivity index (χ3v) is 1.88. The van der Waals surface area contributed by atoms with Crippen molar-refractivity contribution in [1.82, 2.24) is 0 Å². The summed E-state index contributed by atoms with van der Waals surface area (Å²) >= 11 is 0. The van der Waals surface area contributed by atoms with Crippen LogP contribution in [0, 0.1) is 6.92 Å². The highest BCUT2D eigenvalue weighted by Gasteiger charge is 1.98. The minimum atomic E-state index is 0.241. The Hall–Kier alpha value is -1.26. The predicted molar refractivity (Wildman–Crippen MR) is 56.2 cm³/mol. The summed E-state index contributed by atoms with van der Waals surface area (Å²) in [6, 6.07) is 5.21. The SMILES string of the molecule is COCOCCOc1ccc(C)c(O)c1. The molecule has 0 aliphatic heterocycles. The average molecular weight is 212 g/mol. The van der Waals surface area contributed by atoms with Gasteiger partial charge in [-0.1, -0.05) is 6.07 Å². The lowest BCUT2D eigenvalue weighted by Crippen LogP contribution is -2.08. The van der Waals surface area contributed by atoms with Gasteiger partial charge in [0.25, 0.3) is 0 Å². The van der Waals surface area contributed by atoms with Gasteiger partial charge in [0, 0.05) is 13.2 Å². The molecule has 0 heterocycles. The molecular weight excluding hydrogens is 196 g/mol. The van der Waals surface area contributed by atoms with Crippen LogP contribution in [-0.2, 0) is 9.47 Å². The molecule has 1 aromatic carbocycles. The van der Waals surface area contributed by atoms with Gasteiger partial charge in [-0.05, 0) is 18.6 Å². The average Bonchev–Trinajstić information content (AvgIpc) is 2.23. The van der Waals surface area contributed by atoms with Crippen molar-refractivity contribution in [3.05, 3.63) is 23.8 Å². The minimum Gasteiger partial charge on any atom is -0.508 e. The summed E-state index contributed by atoms with van der Waals surface area (Å²) in [6.07, 6.45) is 0. The first-order valence-electron chi connectivity index (χ1n) is 4.73. The van der Waals surface area contributed by atoms with E-state index in [9.17, 15) is 5.11 Å². The molecule has 0 unspecified atom stereocenters. The van der Waals surface area contributed by atoms with E-state index in [0.717, 1.165) is 5.56 Å². The number of phenols is 1. The molecule has 0 atom stereocenters. The van der Waals surface area contributed by atoms with Crippen LogP contribution < -0.4 is 4.74 Å². The first-order valence-corrected chi connectivity index (χ1v) is 4.73. The Bertz CT molecular complexity index is 299. The van der Waals surface area contributed by atoms with E-state index in [-0.39, 0.29) is 12.5 Å². The quantitative estimate of drug-likeness (QED) is 0.576. The van der Waals surface area contributed by atoms with E-state index in [1.54, 1.807) is 19.2 Å². The van der Waals surface area contributed by atoms with Crippen LogP contribution in [0.1, 0.15) is 5.56 Å². The van der Waals surface area contributed by atoms with E-state index in [1.165, 1.54) is 0 Å². The molecule has 0 fully saturated rings. The zero-order valence-corrected chi connectivity index (χ0v) is 9.03. The van der Waals surface area contributed by atoms with Crippen LogP contribution in [0.15, 0.2) is 18.2 Å². The minimum absolute atomic E-state index is 0.241. The number of aryl methyl sites for hydroxylation is 1. The summed E-state index contributed by atoms with van der Waals surface area (Å²) in [6.45, 7) is 3.00. The van der Waals surface area contributed by atoms with Gasteiger partial charge < -0.3 is 19.3 Å². The molecule has 1 N–H and O–H groups in total. The van der Waals surface area contributed by atoms with Gasteiger partial charge in [-0.25, -0.2) is 0 Å². The summed E-state index contributed by atoms with van der Waals surface area (Å²) in [7, 11) is 1.57. The van der Waals surface area contributed by atoms with Gasteiger partial charge in [-0.3, -0.25) is 0 Å². The van der Waals surface area contributed by atoms with E-state index in [4.69, 9.17) is 14.2 Å². The topological polar surface area (TPSA) is 47.9 Å². The zero-order chi connectivity index (χ0) is 11.1. The molecule has 0 saturated heterocycles. The molecule has 84 valence electrons. The third-order valence-electron chi connectivity index (χ3n) is 1.88. The lowest BCUT2D eigenvalue weighted by Gasteiger charge is -2.07. The summed E-state index contributed by atoms with van der Waals surface area (Å²) in [4.78, 5) is 0. The van der Waals surface area contributed by atoms with Crippen LogP contribution in [0.2, 0.25) is 0 Å². The number of benzene rings is 1. The molecule has 0 spiro atoms. The Labute approximate surface area is 89.4 Å². The number of methoxy groups -OCH3 is 1. The van der Waals surface area contributed by atoms with Crippen LogP contribution in [0.5, 0.6) is 11.5 Å². The molecule has 0 aliphatic rings. The van der Waals surface area contributed by atoms with Gasteiger partial charge in [0.15, 0.2) is 0 Å². The second-order valence-corrected chi connectivity index (χ2v) is 3.11. The van der Waals surface area contributed by atoms with Crippen molar-refractivity contribution in [2.45, 2.75) is 6.92 Å². The smallest absolute Gasteiger partial charge is 0.146 e. The lowest BCUT2D eigenvalue weighted by atomic mass is 10.2. The number of hydrogen-bond donors (Lipinski definition) is 1. The summed E-state index contributed by atoms with van der Waals surface area (Å²) in [5, 5.41) is 9.41. The Kier molecular flexibility index (Phi) is 4.93. The van der Waals surface area contributed by atoms with Crippen molar-refractivity contribution in [3.63, 3.8) is 0 Å². The van der Waals surface area contributed by atoms with Crippen molar-refractivity contribution in [2.24, 2.45) is 0 Å². The highest BCUT2D eigenvalue weighted by molar-refractivity contribution is 5.38. The van der Waals surface area contributed by atoms with E-state index in [0.29, 0.717) is 19.0 Å². The lowest BCUT2D eigenvalue weighted by molar-refractivity contribution is -0.0387. The van der Waals surface area contributed by atoms with Crippen LogP contribution in [0.25, 0.3) is 0 Å². The van der Waals surface area contributed by atoms with Gasteiger partial charge >= 0.3 is 0 Å². The summed E-state index contributed by atoms with van der Waals surface area (Å²) < 4.78 is 15.1. The molecule has 15 heavy (non-hydrogen) atoms. The molecule has 4 heteroatoms. The van der Waals surface area contributed by atoms with Gasteiger partial charge in [-0.2, -0.15) is 0 Å². The van der Waals surface area contributed by atoms with E-state index in [1.807, 2.05) is 13.0 Å². The Balaban J connectivity index is 2.28. The van der Waals surface area contributed by atoms with Crippen LogP contribution in [0.3, 0.4) is 0 Å². The van der Waals surface area contributed by atoms with Crippen molar-refractivity contribution < 1.29 is 19.3 Å². The number of ether oxygens (including phenoxy) is 3. The van der Waals surface area contributed by atoms with Gasteiger partial charge in [0.2, 0.25) is 0 Å². The van der Waals surface area contributed by atoms with Crippen LogP contribution >= 0.6 is 0 Å². The Morgan fingerprint density at radius 3 is 2.73 bits per heavy atom. The van der Waals surface area contributed by atoms with Crippen molar-refractivity contribution in [2.75, 3.05) is 27.1 Å². The van der Waals surface area contributed by atoms with Crippen molar-refractivity contribution >= 4 is 0 Å². The molecule has 0 radical (unpaired) electrons. The molecule has 1 aromatic rings. The maximum atomic E-state index is 9.41. The first kappa shape index (κ1) is 11.8. The fourth-order valence-electron chi connectivity index (χ4n) is 1.04. The molecule has 0 aliphatic carbocycles. The predicted octanol–water partition coefficient (Wildman–Crippen LogP) is 1.70. The first-order chi connectivity index (χ1) is 7.24. The van der Waals surface area contributed by atoms with E-state index < -0.39 is 0 Å². The highest BCUT2D eigenvalue weighted by Crippen LogP contribution is 2.22. The summed E-state index contributed by atoms with van der Waals surface area (Å²) in [5.74, 6) is 0.879. The largest absolute Gasteiger partial charge is 0.508 e. The maximum absolute atomic E-state index is 9.41. The number of phenolic OH excluding ortho intramolecular Hbond substituents is 1. The monoisotopic (exact) mass is 212 g/mol. The second-order valence-electron chi connectivity index (χ2n) is 3.11. The highest BCUT2D eigenvalue weighted by atomic mass is 16.7. The van der Waals surface area contributed by atoms with Crippen molar-refractivity contribution in [3.8, 4) is 11.5 Å². The fourth-order valence-corrected chi connectivity index (χ4v) is 1.04. The van der Waals surface area contributed by atoms with Gasteiger partial charge in [0.05, 0.1) is 6.61 Å². The number of aromatic hydroxyl groups is 1. The molecule has 1 rings (SSSR count). The van der Waals surface area contributed by atoms with E-state index >= 15 is 0 Å². The zero-order valence-electron chi connectivity index (χ0n) is 9.03. The Morgan fingerprint density at radius 2 is 2.07 bits per heavy atom. The fraction of sp³-hybridized carbons (Fsp3) is 0.455. The van der Waals surface area contributed by atoms with Gasteiger partial charge in [-0.15, -0.1) is 0 Å². The molecule has 0 saturated carbocycles. The molecule has 0 amide bonds. The molecular formula is C11H16O4. The maximum Gasteiger partial charge on any atom is 0.146 e. The number of rotatable bonds is 6. The molecule has 0 bridgehead atoms. The summed E-state index contributed by atoms with van der Waals surface area (Å²) in [5.41, 5.74) is 0.831. The van der Waals surface area contributed by atoms with Crippen LogP contribution in [-0.4, -0.2) is 32.2 Å². The molecule has 4 nitrogen and oxygen atoms in total. The van der Waals surface area contributed by atoms with Gasteiger partial charge in [0.1, 0.15) is 24.9 Å². The normalized spacial score (nSPS) is 10.3. The standard InChI is InChI=1S/C11H16O4/c1-9-3-4-10(7-11(9)12)15-6-5-14-8-13-2/h3-4,7,12H,5-6,8H2,1-2H3. The van der Waals surface area contributed by atoms with Crippen molar-refractivity contribution in [1.29, 1.82) is 0 Å².